The second-order valence-electron chi connectivity index (χ2n) is 7.39. The van der Waals surface area contributed by atoms with Crippen LogP contribution in [0.1, 0.15) is 28.5 Å². The van der Waals surface area contributed by atoms with Crippen LogP contribution in [-0.2, 0) is 11.3 Å². The molecule has 0 unspecified atom stereocenters. The van der Waals surface area contributed by atoms with E-state index in [1.54, 1.807) is 12.1 Å². The number of nitrogens with zero attached hydrogens (tertiary/aromatic N) is 2. The molecule has 0 aliphatic carbocycles. The third-order valence-corrected chi connectivity index (χ3v) is 4.84. The maximum Gasteiger partial charge on any atom is 0.344 e. The van der Waals surface area contributed by atoms with E-state index in [1.807, 2.05) is 90.4 Å². The Bertz CT molecular complexity index is 1080. The number of aromatic nitrogens is 1. The van der Waals surface area contributed by atoms with Gasteiger partial charge in [0.05, 0.1) is 5.69 Å². The summed E-state index contributed by atoms with van der Waals surface area (Å²) in [6.45, 7) is 2.02. The van der Waals surface area contributed by atoms with E-state index in [2.05, 4.69) is 0 Å². The van der Waals surface area contributed by atoms with Crippen LogP contribution in [0.2, 0.25) is 0 Å². The van der Waals surface area contributed by atoms with Crippen LogP contribution in [0, 0.1) is 0 Å². The zero-order chi connectivity index (χ0) is 22.4. The Morgan fingerprint density at radius 3 is 2.52 bits per heavy atom. The number of hydrogen-bond donors (Lipinski definition) is 1. The number of carbonyl (C=O) groups is 2. The van der Waals surface area contributed by atoms with Gasteiger partial charge in [-0.05, 0) is 61.0 Å². The number of anilines is 1. The normalized spacial score (nSPS) is 12.0. The van der Waals surface area contributed by atoms with Gasteiger partial charge in [-0.2, -0.15) is 0 Å². The van der Waals surface area contributed by atoms with Gasteiger partial charge in [0.2, 0.25) is 5.78 Å². The van der Waals surface area contributed by atoms with Crippen LogP contribution in [0.15, 0.2) is 72.9 Å². The summed E-state index contributed by atoms with van der Waals surface area (Å²) in [4.78, 5) is 25.9. The van der Waals surface area contributed by atoms with Crippen molar-refractivity contribution in [2.75, 3.05) is 19.0 Å². The average Bonchev–Trinajstić information content (AvgIpc) is 3.22. The van der Waals surface area contributed by atoms with E-state index in [9.17, 15) is 9.59 Å². The molecule has 31 heavy (non-hydrogen) atoms. The van der Waals surface area contributed by atoms with Gasteiger partial charge in [0, 0.05) is 38.1 Å². The van der Waals surface area contributed by atoms with Crippen LogP contribution < -0.4 is 9.64 Å². The van der Waals surface area contributed by atoms with E-state index in [0.717, 1.165) is 11.3 Å². The number of rotatable bonds is 9. The molecule has 0 amide bonds. The van der Waals surface area contributed by atoms with Gasteiger partial charge in [-0.3, -0.25) is 4.79 Å². The molecule has 0 saturated heterocycles. The molecule has 3 aromatic rings. The Morgan fingerprint density at radius 2 is 1.84 bits per heavy atom. The molecule has 0 bridgehead atoms. The maximum absolute atomic E-state index is 12.9. The SMILES string of the molecule is C[C@H](Oc1cccc(C=CCn2cccc2C(=O)c2ccc(N(C)C)cc2)c1)C(=O)O. The number of allylic oxidation sites excluding steroid dienone is 1. The van der Waals surface area contributed by atoms with Gasteiger partial charge in [-0.15, -0.1) is 0 Å². The van der Waals surface area contributed by atoms with Crippen molar-refractivity contribution in [1.82, 2.24) is 4.57 Å². The lowest BCUT2D eigenvalue weighted by Gasteiger charge is -2.12. The van der Waals surface area contributed by atoms with Gasteiger partial charge in [0.1, 0.15) is 5.75 Å². The van der Waals surface area contributed by atoms with E-state index >= 15 is 0 Å². The summed E-state index contributed by atoms with van der Waals surface area (Å²) in [5, 5.41) is 8.98. The first-order valence-electron chi connectivity index (χ1n) is 9.98. The van der Waals surface area contributed by atoms with E-state index in [1.165, 1.54) is 6.92 Å². The summed E-state index contributed by atoms with van der Waals surface area (Å²) in [7, 11) is 3.92. The summed E-state index contributed by atoms with van der Waals surface area (Å²) in [5.41, 5.74) is 3.19. The highest BCUT2D eigenvalue weighted by molar-refractivity contribution is 6.08. The monoisotopic (exact) mass is 418 g/mol. The molecule has 3 rings (SSSR count). The highest BCUT2D eigenvalue weighted by Gasteiger charge is 2.13. The highest BCUT2D eigenvalue weighted by atomic mass is 16.5. The zero-order valence-corrected chi connectivity index (χ0v) is 17.9. The number of aliphatic carboxylic acids is 1. The van der Waals surface area contributed by atoms with Crippen LogP contribution in [0.3, 0.4) is 0 Å². The average molecular weight is 418 g/mol. The van der Waals surface area contributed by atoms with Gasteiger partial charge in [0.25, 0.3) is 0 Å². The second-order valence-corrected chi connectivity index (χ2v) is 7.39. The van der Waals surface area contributed by atoms with Crippen LogP contribution in [0.25, 0.3) is 6.08 Å². The Hall–Kier alpha value is -3.80. The van der Waals surface area contributed by atoms with Crippen molar-refractivity contribution in [1.29, 1.82) is 0 Å². The zero-order valence-electron chi connectivity index (χ0n) is 17.9. The predicted octanol–water partition coefficient (Wildman–Crippen LogP) is 4.35. The molecule has 0 aliphatic rings. The highest BCUT2D eigenvalue weighted by Crippen LogP contribution is 2.18. The van der Waals surface area contributed by atoms with Crippen LogP contribution >= 0.6 is 0 Å². The molecule has 0 spiro atoms. The molecule has 2 aromatic carbocycles. The molecule has 6 heteroatoms. The summed E-state index contributed by atoms with van der Waals surface area (Å²) < 4.78 is 7.30. The van der Waals surface area contributed by atoms with Crippen molar-refractivity contribution in [3.63, 3.8) is 0 Å². The lowest BCUT2D eigenvalue weighted by Crippen LogP contribution is -2.22. The number of carbonyl (C=O) groups excluding carboxylic acids is 1. The lowest BCUT2D eigenvalue weighted by molar-refractivity contribution is -0.144. The first-order valence-corrected chi connectivity index (χ1v) is 9.98. The summed E-state index contributed by atoms with van der Waals surface area (Å²) in [6.07, 6.45) is 4.82. The predicted molar refractivity (Wildman–Crippen MR) is 122 cm³/mol. The third kappa shape index (κ3) is 5.63. The Morgan fingerprint density at radius 1 is 1.10 bits per heavy atom. The molecular formula is C25H26N2O4. The Balaban J connectivity index is 1.69. The molecular weight excluding hydrogens is 392 g/mol. The van der Waals surface area contributed by atoms with E-state index in [4.69, 9.17) is 9.84 Å². The van der Waals surface area contributed by atoms with Gasteiger partial charge >= 0.3 is 5.97 Å². The fourth-order valence-electron chi connectivity index (χ4n) is 3.09. The number of benzene rings is 2. The number of hydrogen-bond acceptors (Lipinski definition) is 4. The smallest absolute Gasteiger partial charge is 0.344 e. The van der Waals surface area contributed by atoms with Crippen molar-refractivity contribution >= 4 is 23.5 Å². The number of ketones is 1. The van der Waals surface area contributed by atoms with Crippen molar-refractivity contribution in [2.24, 2.45) is 0 Å². The van der Waals surface area contributed by atoms with Gasteiger partial charge in [-0.1, -0.05) is 24.3 Å². The number of carboxylic acids is 1. The van der Waals surface area contributed by atoms with Gasteiger partial charge in [0.15, 0.2) is 6.10 Å². The minimum Gasteiger partial charge on any atom is -0.479 e. The van der Waals surface area contributed by atoms with Crippen LogP contribution in [0.4, 0.5) is 5.69 Å². The molecule has 0 aliphatic heterocycles. The molecule has 0 fully saturated rings. The van der Waals surface area contributed by atoms with Crippen LogP contribution in [0.5, 0.6) is 5.75 Å². The summed E-state index contributed by atoms with van der Waals surface area (Å²) in [6, 6.07) is 18.4. The van der Waals surface area contributed by atoms with E-state index in [-0.39, 0.29) is 5.78 Å². The second kappa shape index (κ2) is 9.80. The number of ether oxygens (including phenoxy) is 1. The first kappa shape index (κ1) is 21.9. The molecule has 0 radical (unpaired) electrons. The minimum atomic E-state index is -1.01. The quantitative estimate of drug-likeness (QED) is 0.523. The molecule has 160 valence electrons. The van der Waals surface area contributed by atoms with Crippen molar-refractivity contribution in [3.8, 4) is 5.75 Å². The van der Waals surface area contributed by atoms with Crippen molar-refractivity contribution < 1.29 is 19.4 Å². The molecule has 1 heterocycles. The van der Waals surface area contributed by atoms with Crippen molar-refractivity contribution in [3.05, 3.63) is 89.8 Å². The van der Waals surface area contributed by atoms with E-state index in [0.29, 0.717) is 23.6 Å². The molecule has 6 nitrogen and oxygen atoms in total. The van der Waals surface area contributed by atoms with Crippen LogP contribution in [-0.4, -0.2) is 41.6 Å². The summed E-state index contributed by atoms with van der Waals surface area (Å²) >= 11 is 0. The Kier molecular flexibility index (Phi) is 6.92. The minimum absolute atomic E-state index is 0.0261. The fraction of sp³-hybridized carbons (Fsp3) is 0.200. The van der Waals surface area contributed by atoms with Gasteiger partial charge < -0.3 is 19.3 Å². The number of carboxylic acid groups (broad SMARTS) is 1. The van der Waals surface area contributed by atoms with E-state index < -0.39 is 12.1 Å². The molecule has 1 atom stereocenters. The molecule has 1 aromatic heterocycles. The topological polar surface area (TPSA) is 71.8 Å². The van der Waals surface area contributed by atoms with Crippen molar-refractivity contribution in [2.45, 2.75) is 19.6 Å². The molecule has 0 saturated carbocycles. The first-order chi connectivity index (χ1) is 14.8. The lowest BCUT2D eigenvalue weighted by atomic mass is 10.1. The fourth-order valence-corrected chi connectivity index (χ4v) is 3.09. The Labute approximate surface area is 182 Å². The largest absolute Gasteiger partial charge is 0.479 e. The molecule has 1 N–H and O–H groups in total. The van der Waals surface area contributed by atoms with Gasteiger partial charge in [-0.25, -0.2) is 4.79 Å². The summed E-state index contributed by atoms with van der Waals surface area (Å²) in [5.74, 6) is -0.543. The third-order valence-electron chi connectivity index (χ3n) is 4.84. The standard InChI is InChI=1S/C25H26N2O4/c1-18(25(29)30)31-22-9-4-7-19(17-22)8-5-15-27-16-6-10-23(27)24(28)20-11-13-21(14-12-20)26(2)3/h4-14,16-18H,15H2,1-3H3,(H,29,30)/t18-/m0/s1. The maximum atomic E-state index is 12.9.